The molecule has 0 aromatic carbocycles. The van der Waals surface area contributed by atoms with Gasteiger partial charge in [-0.3, -0.25) is 19.2 Å². The quantitative estimate of drug-likeness (QED) is 0.382. The van der Waals surface area contributed by atoms with Crippen LogP contribution in [0.3, 0.4) is 0 Å². The minimum Gasteiger partial charge on any atom is -0.481 e. The lowest BCUT2D eigenvalue weighted by molar-refractivity contribution is -0.165. The van der Waals surface area contributed by atoms with Crippen LogP contribution in [0.1, 0.15) is 46.5 Å². The number of carboxylic acids is 1. The van der Waals surface area contributed by atoms with Crippen molar-refractivity contribution < 1.29 is 38.5 Å². The van der Waals surface area contributed by atoms with Gasteiger partial charge in [0.05, 0.1) is 23.9 Å². The molecule has 0 spiro atoms. The van der Waals surface area contributed by atoms with Gasteiger partial charge in [-0.25, -0.2) is 0 Å². The van der Waals surface area contributed by atoms with E-state index in [-0.39, 0.29) is 30.8 Å². The van der Waals surface area contributed by atoms with Crippen molar-refractivity contribution in [1.82, 2.24) is 0 Å². The van der Waals surface area contributed by atoms with Crippen molar-refractivity contribution in [1.29, 1.82) is 0 Å². The van der Waals surface area contributed by atoms with Crippen LogP contribution in [0.4, 0.5) is 0 Å². The lowest BCUT2D eigenvalue weighted by Crippen LogP contribution is -2.43. The van der Waals surface area contributed by atoms with Gasteiger partial charge in [0.1, 0.15) is 12.2 Å². The molecule has 6 atom stereocenters. The van der Waals surface area contributed by atoms with Gasteiger partial charge in [0, 0.05) is 18.3 Å². The van der Waals surface area contributed by atoms with Crippen molar-refractivity contribution >= 4 is 23.9 Å². The molecular weight excluding hydrogens is 356 g/mol. The molecule has 8 heteroatoms. The van der Waals surface area contributed by atoms with Gasteiger partial charge in [0.15, 0.2) is 0 Å². The van der Waals surface area contributed by atoms with Crippen LogP contribution in [0, 0.1) is 29.1 Å². The van der Waals surface area contributed by atoms with Gasteiger partial charge >= 0.3 is 23.9 Å². The first-order valence-electron chi connectivity index (χ1n) is 9.47. The Labute approximate surface area is 157 Å². The molecule has 3 aliphatic rings. The predicted octanol–water partition coefficient (Wildman–Crippen LogP) is 1.55. The first-order chi connectivity index (χ1) is 12.7. The maximum Gasteiger partial charge on any atom is 0.311 e. The molecule has 6 unspecified atom stereocenters. The summed E-state index contributed by atoms with van der Waals surface area (Å²) in [6, 6.07) is 0. The molecule has 2 aliphatic carbocycles. The summed E-state index contributed by atoms with van der Waals surface area (Å²) in [6.07, 6.45) is 0.322. The van der Waals surface area contributed by atoms with E-state index in [0.717, 1.165) is 0 Å². The number of carbonyl (C=O) groups is 4. The van der Waals surface area contributed by atoms with Crippen LogP contribution < -0.4 is 0 Å². The van der Waals surface area contributed by atoms with Crippen molar-refractivity contribution in [3.05, 3.63) is 0 Å². The van der Waals surface area contributed by atoms with E-state index in [1.165, 1.54) is 0 Å². The van der Waals surface area contributed by atoms with Crippen molar-refractivity contribution in [3.8, 4) is 0 Å². The molecule has 8 nitrogen and oxygen atoms in total. The smallest absolute Gasteiger partial charge is 0.311 e. The highest BCUT2D eigenvalue weighted by Crippen LogP contribution is 2.58. The van der Waals surface area contributed by atoms with Gasteiger partial charge < -0.3 is 19.3 Å². The molecule has 3 rings (SSSR count). The van der Waals surface area contributed by atoms with Gasteiger partial charge in [-0.15, -0.1) is 0 Å². The Morgan fingerprint density at radius 3 is 2.59 bits per heavy atom. The van der Waals surface area contributed by atoms with Crippen LogP contribution in [0.5, 0.6) is 0 Å². The van der Waals surface area contributed by atoms with E-state index in [0.29, 0.717) is 19.3 Å². The van der Waals surface area contributed by atoms with Crippen LogP contribution in [-0.4, -0.2) is 47.8 Å². The summed E-state index contributed by atoms with van der Waals surface area (Å²) in [5.41, 5.74) is -0.557. The number of aliphatic carboxylic acids is 1. The second-order valence-electron chi connectivity index (χ2n) is 8.29. The molecule has 3 fully saturated rings. The molecule has 0 aromatic heterocycles. The summed E-state index contributed by atoms with van der Waals surface area (Å²) in [5, 5.41) is 9.44. The van der Waals surface area contributed by atoms with Crippen LogP contribution in [-0.2, 0) is 33.4 Å². The first kappa shape index (κ1) is 19.6. The molecular formula is C19H26O8. The van der Waals surface area contributed by atoms with Crippen molar-refractivity contribution in [2.75, 3.05) is 6.61 Å². The zero-order valence-corrected chi connectivity index (χ0v) is 15.8. The second-order valence-corrected chi connectivity index (χ2v) is 8.29. The number of hydrogen-bond acceptors (Lipinski definition) is 7. The van der Waals surface area contributed by atoms with Gasteiger partial charge in [0.25, 0.3) is 0 Å². The lowest BCUT2D eigenvalue weighted by atomic mass is 9.78. The highest BCUT2D eigenvalue weighted by atomic mass is 16.6. The molecule has 1 saturated heterocycles. The van der Waals surface area contributed by atoms with E-state index in [2.05, 4.69) is 0 Å². The average Bonchev–Trinajstić information content (AvgIpc) is 3.21. The summed E-state index contributed by atoms with van der Waals surface area (Å²) >= 11 is 0. The van der Waals surface area contributed by atoms with Crippen molar-refractivity contribution in [2.45, 2.75) is 58.7 Å². The first-order valence-corrected chi connectivity index (χ1v) is 9.47. The number of ether oxygens (including phenoxy) is 3. The Balaban J connectivity index is 1.49. The second kappa shape index (κ2) is 7.13. The largest absolute Gasteiger partial charge is 0.481 e. The van der Waals surface area contributed by atoms with Gasteiger partial charge in [0.2, 0.25) is 0 Å². The number of carboxylic acid groups (broad SMARTS) is 1. The normalized spacial score (nSPS) is 33.7. The Bertz CT molecular complexity index is 654. The monoisotopic (exact) mass is 382 g/mol. The maximum atomic E-state index is 12.2. The molecule has 27 heavy (non-hydrogen) atoms. The zero-order chi connectivity index (χ0) is 19.9. The molecule has 1 N–H and O–H groups in total. The predicted molar refractivity (Wildman–Crippen MR) is 90.2 cm³/mol. The summed E-state index contributed by atoms with van der Waals surface area (Å²) in [6.45, 7) is 5.62. The van der Waals surface area contributed by atoms with E-state index in [4.69, 9.17) is 14.2 Å². The molecule has 2 bridgehead atoms. The Hall–Kier alpha value is -2.12. The third kappa shape index (κ3) is 3.41. The number of carbonyl (C=O) groups excluding carboxylic acids is 3. The fourth-order valence-corrected chi connectivity index (χ4v) is 4.42. The maximum absolute atomic E-state index is 12.2. The SMILES string of the molecule is CCC(C)(C)C(=O)OCCCC(=O)OC1C2CC3C1OC(=O)C3C2C(=O)O. The minimum absolute atomic E-state index is 0.0511. The number of hydrogen-bond donors (Lipinski definition) is 1. The van der Waals surface area contributed by atoms with Crippen LogP contribution >= 0.6 is 0 Å². The minimum atomic E-state index is -1.05. The van der Waals surface area contributed by atoms with Crippen molar-refractivity contribution in [3.63, 3.8) is 0 Å². The number of esters is 3. The van der Waals surface area contributed by atoms with E-state index < -0.39 is 47.4 Å². The Morgan fingerprint density at radius 2 is 1.96 bits per heavy atom. The third-order valence-electron chi connectivity index (χ3n) is 6.29. The summed E-state index contributed by atoms with van der Waals surface area (Å²) in [7, 11) is 0. The van der Waals surface area contributed by atoms with E-state index in [1.54, 1.807) is 13.8 Å². The Morgan fingerprint density at radius 1 is 1.26 bits per heavy atom. The van der Waals surface area contributed by atoms with Crippen molar-refractivity contribution in [2.24, 2.45) is 29.1 Å². The number of fused-ring (bicyclic) bond motifs is 1. The zero-order valence-electron chi connectivity index (χ0n) is 15.8. The van der Waals surface area contributed by atoms with Crippen LogP contribution in [0.15, 0.2) is 0 Å². The standard InChI is InChI=1S/C19H26O8/c1-4-19(2,3)18(24)25-7-5-6-11(20)26-14-9-8-10-13(12(9)16(21)22)17(23)27-15(10)14/h9-10,12-15H,4-8H2,1-3H3,(H,21,22). The number of rotatable bonds is 8. The van der Waals surface area contributed by atoms with Gasteiger partial charge in [-0.05, 0) is 33.1 Å². The molecule has 0 radical (unpaired) electrons. The molecule has 0 aromatic rings. The van der Waals surface area contributed by atoms with E-state index in [1.807, 2.05) is 6.92 Å². The van der Waals surface area contributed by atoms with Crippen LogP contribution in [0.25, 0.3) is 0 Å². The highest BCUT2D eigenvalue weighted by Gasteiger charge is 2.69. The molecule has 150 valence electrons. The molecule has 1 heterocycles. The molecule has 0 amide bonds. The van der Waals surface area contributed by atoms with E-state index in [9.17, 15) is 24.3 Å². The van der Waals surface area contributed by atoms with Gasteiger partial charge in [-0.1, -0.05) is 6.92 Å². The van der Waals surface area contributed by atoms with E-state index >= 15 is 0 Å². The third-order valence-corrected chi connectivity index (χ3v) is 6.29. The Kier molecular flexibility index (Phi) is 5.18. The summed E-state index contributed by atoms with van der Waals surface area (Å²) in [5.74, 6) is -4.38. The molecule has 2 saturated carbocycles. The average molecular weight is 382 g/mol. The molecule has 1 aliphatic heterocycles. The lowest BCUT2D eigenvalue weighted by Gasteiger charge is -2.29. The summed E-state index contributed by atoms with van der Waals surface area (Å²) in [4.78, 5) is 47.5. The van der Waals surface area contributed by atoms with Gasteiger partial charge in [-0.2, -0.15) is 0 Å². The fourth-order valence-electron chi connectivity index (χ4n) is 4.42. The fraction of sp³-hybridized carbons (Fsp3) is 0.789. The summed E-state index contributed by atoms with van der Waals surface area (Å²) < 4.78 is 16.0. The topological polar surface area (TPSA) is 116 Å². The highest BCUT2D eigenvalue weighted by molar-refractivity contribution is 5.85. The van der Waals surface area contributed by atoms with Crippen LogP contribution in [0.2, 0.25) is 0 Å².